The Labute approximate surface area is 73.9 Å². The molecule has 0 saturated heterocycles. The Morgan fingerprint density at radius 3 is 2.50 bits per heavy atom. The molecule has 0 bridgehead atoms. The Kier molecular flexibility index (Phi) is 6.70. The van der Waals surface area contributed by atoms with E-state index < -0.39 is 0 Å². The number of nitrogens with zero attached hydrogens (tertiary/aromatic N) is 1. The first kappa shape index (κ1) is 11.4. The fourth-order valence-corrected chi connectivity index (χ4v) is 0.672. The lowest BCUT2D eigenvalue weighted by molar-refractivity contribution is 0.0812. The zero-order valence-corrected chi connectivity index (χ0v) is 8.26. The monoisotopic (exact) mass is 174 g/mol. The van der Waals surface area contributed by atoms with Gasteiger partial charge in [-0.05, 0) is 20.9 Å². The molecule has 0 heterocycles. The van der Waals surface area contributed by atoms with Crippen molar-refractivity contribution < 1.29 is 9.57 Å². The molecule has 0 aromatic rings. The number of hydrogen-bond acceptors (Lipinski definition) is 4. The van der Waals surface area contributed by atoms with Crippen LogP contribution in [0.25, 0.3) is 0 Å². The van der Waals surface area contributed by atoms with Crippen LogP contribution in [0.5, 0.6) is 0 Å². The number of ether oxygens (including phenoxy) is 1. The lowest BCUT2D eigenvalue weighted by Gasteiger charge is -2.12. The van der Waals surface area contributed by atoms with E-state index in [0.29, 0.717) is 13.2 Å². The van der Waals surface area contributed by atoms with Crippen LogP contribution in [0.15, 0.2) is 5.16 Å². The number of hydrogen-bond donors (Lipinski definition) is 1. The third kappa shape index (κ3) is 6.12. The Morgan fingerprint density at radius 1 is 1.42 bits per heavy atom. The fourth-order valence-electron chi connectivity index (χ4n) is 0.672. The van der Waals surface area contributed by atoms with Crippen LogP contribution in [-0.2, 0) is 9.57 Å². The van der Waals surface area contributed by atoms with E-state index in [-0.39, 0.29) is 6.04 Å². The van der Waals surface area contributed by atoms with Crippen LogP contribution in [-0.4, -0.2) is 39.1 Å². The molecule has 1 N–H and O–H groups in total. The molecule has 4 heteroatoms. The smallest absolute Gasteiger partial charge is 0.134 e. The number of rotatable bonds is 6. The highest BCUT2D eigenvalue weighted by atomic mass is 16.6. The molecule has 0 aromatic heterocycles. The number of nitrogens with one attached hydrogen (secondary N) is 1. The highest BCUT2D eigenvalue weighted by Crippen LogP contribution is 1.87. The summed E-state index contributed by atoms with van der Waals surface area (Å²) in [6.45, 7) is 4.96. The molecule has 4 nitrogen and oxygen atoms in total. The topological polar surface area (TPSA) is 42.8 Å². The van der Waals surface area contributed by atoms with Crippen molar-refractivity contribution in [2.24, 2.45) is 5.16 Å². The van der Waals surface area contributed by atoms with Gasteiger partial charge in [0.15, 0.2) is 0 Å². The van der Waals surface area contributed by atoms with Crippen LogP contribution in [0.3, 0.4) is 0 Å². The maximum absolute atomic E-state index is 5.05. The Balaban J connectivity index is 3.51. The predicted octanol–water partition coefficient (Wildman–Crippen LogP) is 0.633. The molecule has 1 atom stereocenters. The molecular weight excluding hydrogens is 156 g/mol. The summed E-state index contributed by atoms with van der Waals surface area (Å²) in [5.74, 6) is 0. The lowest BCUT2D eigenvalue weighted by Crippen LogP contribution is -2.34. The summed E-state index contributed by atoms with van der Waals surface area (Å²) in [6, 6.07) is 0.207. The normalized spacial score (nSPS) is 12.3. The summed E-state index contributed by atoms with van der Waals surface area (Å²) in [6.07, 6.45) is 0. The molecule has 0 fully saturated rings. The van der Waals surface area contributed by atoms with Gasteiger partial charge in [-0.1, -0.05) is 5.16 Å². The second-order valence-corrected chi connectivity index (χ2v) is 2.78. The van der Waals surface area contributed by atoms with Crippen LogP contribution >= 0.6 is 0 Å². The summed E-state index contributed by atoms with van der Waals surface area (Å²) in [5, 5.41) is 6.87. The van der Waals surface area contributed by atoms with Crippen molar-refractivity contribution in [3.05, 3.63) is 0 Å². The fraction of sp³-hybridized carbons (Fsp3) is 0.875. The quantitative estimate of drug-likeness (QED) is 0.474. The SMILES string of the molecule is CN[C@H](COC)CON=C(C)C. The second-order valence-electron chi connectivity index (χ2n) is 2.78. The molecule has 0 amide bonds. The van der Waals surface area contributed by atoms with E-state index in [4.69, 9.17) is 9.57 Å². The van der Waals surface area contributed by atoms with Gasteiger partial charge < -0.3 is 14.9 Å². The van der Waals surface area contributed by atoms with Crippen LogP contribution in [0.2, 0.25) is 0 Å². The largest absolute Gasteiger partial charge is 0.394 e. The third-order valence-corrected chi connectivity index (χ3v) is 1.30. The number of oxime groups is 1. The first-order valence-electron chi connectivity index (χ1n) is 4.00. The van der Waals surface area contributed by atoms with Gasteiger partial charge in [0.05, 0.1) is 18.4 Å². The van der Waals surface area contributed by atoms with Crippen molar-refractivity contribution >= 4 is 5.71 Å². The Hall–Kier alpha value is -0.610. The van der Waals surface area contributed by atoms with E-state index in [1.165, 1.54) is 0 Å². The van der Waals surface area contributed by atoms with Crippen molar-refractivity contribution in [3.8, 4) is 0 Å². The van der Waals surface area contributed by atoms with E-state index in [9.17, 15) is 0 Å². The molecule has 0 rings (SSSR count). The van der Waals surface area contributed by atoms with Crippen LogP contribution < -0.4 is 5.32 Å². The maximum Gasteiger partial charge on any atom is 0.134 e. The van der Waals surface area contributed by atoms with Gasteiger partial charge >= 0.3 is 0 Å². The predicted molar refractivity (Wildman–Crippen MR) is 49.5 cm³/mol. The summed E-state index contributed by atoms with van der Waals surface area (Å²) in [5.41, 5.74) is 0.919. The highest BCUT2D eigenvalue weighted by Gasteiger charge is 2.04. The van der Waals surface area contributed by atoms with E-state index in [0.717, 1.165) is 5.71 Å². The van der Waals surface area contributed by atoms with Gasteiger partial charge in [0.2, 0.25) is 0 Å². The van der Waals surface area contributed by atoms with E-state index in [1.807, 2.05) is 20.9 Å². The van der Waals surface area contributed by atoms with Crippen LogP contribution in [0, 0.1) is 0 Å². The molecule has 12 heavy (non-hydrogen) atoms. The van der Waals surface area contributed by atoms with Gasteiger partial charge in [-0.25, -0.2) is 0 Å². The number of methoxy groups -OCH3 is 1. The summed E-state index contributed by atoms with van der Waals surface area (Å²) in [7, 11) is 3.54. The molecule has 0 aromatic carbocycles. The van der Waals surface area contributed by atoms with Gasteiger partial charge in [-0.3, -0.25) is 0 Å². The second kappa shape index (κ2) is 7.06. The minimum atomic E-state index is 0.207. The van der Waals surface area contributed by atoms with Crippen LogP contribution in [0.4, 0.5) is 0 Å². The van der Waals surface area contributed by atoms with E-state index >= 15 is 0 Å². The van der Waals surface area contributed by atoms with Crippen molar-refractivity contribution in [3.63, 3.8) is 0 Å². The Morgan fingerprint density at radius 2 is 2.08 bits per heavy atom. The summed E-state index contributed by atoms with van der Waals surface area (Å²) in [4.78, 5) is 5.05. The molecule has 0 aliphatic heterocycles. The summed E-state index contributed by atoms with van der Waals surface area (Å²) < 4.78 is 4.96. The maximum atomic E-state index is 5.05. The molecule has 0 saturated carbocycles. The average Bonchev–Trinajstić information content (AvgIpc) is 2.02. The average molecular weight is 174 g/mol. The van der Waals surface area contributed by atoms with Crippen LogP contribution in [0.1, 0.15) is 13.8 Å². The van der Waals surface area contributed by atoms with Gasteiger partial charge in [0, 0.05) is 7.11 Å². The van der Waals surface area contributed by atoms with Crippen molar-refractivity contribution in [1.29, 1.82) is 0 Å². The standard InChI is InChI=1S/C8H18N2O2/c1-7(2)10-12-6-8(9-3)5-11-4/h8-9H,5-6H2,1-4H3/t8-/m1/s1. The molecular formula is C8H18N2O2. The van der Waals surface area contributed by atoms with Crippen molar-refractivity contribution in [2.75, 3.05) is 27.4 Å². The highest BCUT2D eigenvalue weighted by molar-refractivity contribution is 5.78. The molecule has 0 radical (unpaired) electrons. The zero-order valence-electron chi connectivity index (χ0n) is 8.26. The molecule has 0 unspecified atom stereocenters. The third-order valence-electron chi connectivity index (χ3n) is 1.30. The number of likely N-dealkylation sites (N-methyl/N-ethyl adjacent to an activating group) is 1. The summed E-state index contributed by atoms with van der Waals surface area (Å²) >= 11 is 0. The zero-order chi connectivity index (χ0) is 9.40. The van der Waals surface area contributed by atoms with Gasteiger partial charge in [0.1, 0.15) is 6.61 Å². The van der Waals surface area contributed by atoms with E-state index in [1.54, 1.807) is 7.11 Å². The van der Waals surface area contributed by atoms with Crippen molar-refractivity contribution in [2.45, 2.75) is 19.9 Å². The van der Waals surface area contributed by atoms with E-state index in [2.05, 4.69) is 10.5 Å². The molecule has 0 aliphatic carbocycles. The first-order chi connectivity index (χ1) is 5.70. The molecule has 0 aliphatic rings. The molecule has 72 valence electrons. The van der Waals surface area contributed by atoms with Gasteiger partial charge in [0.25, 0.3) is 0 Å². The van der Waals surface area contributed by atoms with Gasteiger partial charge in [-0.15, -0.1) is 0 Å². The first-order valence-corrected chi connectivity index (χ1v) is 4.00. The minimum absolute atomic E-state index is 0.207. The van der Waals surface area contributed by atoms with Crippen molar-refractivity contribution in [1.82, 2.24) is 5.32 Å². The minimum Gasteiger partial charge on any atom is -0.394 e. The van der Waals surface area contributed by atoms with Gasteiger partial charge in [-0.2, -0.15) is 0 Å². The lowest BCUT2D eigenvalue weighted by atomic mass is 10.3. The molecule has 0 spiro atoms. The Bertz CT molecular complexity index is 133.